The van der Waals surface area contributed by atoms with E-state index in [1.165, 1.54) is 17.2 Å². The Kier molecular flexibility index (Phi) is 4.26. The van der Waals surface area contributed by atoms with E-state index >= 15 is 0 Å². The summed E-state index contributed by atoms with van der Waals surface area (Å²) in [6, 6.07) is 8.90. The first-order valence-electron chi connectivity index (χ1n) is 9.04. The number of hydrogen-bond acceptors (Lipinski definition) is 3. The molecular weight excluding hydrogens is 343 g/mol. The predicted molar refractivity (Wildman–Crippen MR) is 102 cm³/mol. The van der Waals surface area contributed by atoms with Crippen LogP contribution in [-0.2, 0) is 6.42 Å². The van der Waals surface area contributed by atoms with Gasteiger partial charge in [0.1, 0.15) is 5.82 Å². The van der Waals surface area contributed by atoms with Crippen LogP contribution in [0.4, 0.5) is 10.1 Å². The van der Waals surface area contributed by atoms with E-state index in [2.05, 4.69) is 10.1 Å². The largest absolute Gasteiger partial charge is 0.305 e. The third-order valence-corrected chi connectivity index (χ3v) is 4.85. The number of benzene rings is 1. The number of pyridine rings is 1. The molecule has 3 heterocycles. The van der Waals surface area contributed by atoms with Crippen LogP contribution in [0.1, 0.15) is 39.3 Å². The van der Waals surface area contributed by atoms with E-state index in [4.69, 9.17) is 0 Å². The number of carbonyl (C=O) groups is 1. The molecule has 0 bridgehead atoms. The quantitative estimate of drug-likeness (QED) is 0.692. The maximum absolute atomic E-state index is 14.6. The summed E-state index contributed by atoms with van der Waals surface area (Å²) in [6.07, 6.45) is 3.14. The number of carbonyl (C=O) groups excluding carboxylic acids is 1. The number of halogens is 1. The molecule has 0 spiro atoms. The molecular formula is C21H21FN4O. The highest BCUT2D eigenvalue weighted by Gasteiger charge is 2.27. The zero-order valence-electron chi connectivity index (χ0n) is 15.7. The summed E-state index contributed by atoms with van der Waals surface area (Å²) < 4.78 is 16.3. The molecule has 1 amide bonds. The molecule has 0 saturated carbocycles. The standard InChI is InChI=1S/C21H21FN4O/c1-13-9-16-5-4-8-25(20(16)18(22)10-13)21(27)17-6-7-19(23-12-17)26-15(3)11-14(2)24-26/h6-7,9-12H,4-5,8H2,1-3H3. The van der Waals surface area contributed by atoms with Crippen molar-refractivity contribution in [2.24, 2.45) is 0 Å². The van der Waals surface area contributed by atoms with Gasteiger partial charge in [-0.1, -0.05) is 6.07 Å². The summed E-state index contributed by atoms with van der Waals surface area (Å²) >= 11 is 0. The van der Waals surface area contributed by atoms with Crippen molar-refractivity contribution >= 4 is 11.6 Å². The highest BCUT2D eigenvalue weighted by atomic mass is 19.1. The molecule has 4 rings (SSSR count). The zero-order valence-corrected chi connectivity index (χ0v) is 15.7. The van der Waals surface area contributed by atoms with Gasteiger partial charge < -0.3 is 4.90 Å². The Morgan fingerprint density at radius 1 is 1.15 bits per heavy atom. The van der Waals surface area contributed by atoms with Gasteiger partial charge in [0.25, 0.3) is 5.91 Å². The van der Waals surface area contributed by atoms with E-state index in [9.17, 15) is 9.18 Å². The van der Waals surface area contributed by atoms with E-state index < -0.39 is 0 Å². The maximum atomic E-state index is 14.6. The maximum Gasteiger partial charge on any atom is 0.259 e. The van der Waals surface area contributed by atoms with Gasteiger partial charge in [-0.3, -0.25) is 4.79 Å². The third kappa shape index (κ3) is 3.12. The monoisotopic (exact) mass is 364 g/mol. The Morgan fingerprint density at radius 2 is 1.96 bits per heavy atom. The SMILES string of the molecule is Cc1cc(F)c2c(c1)CCCN2C(=O)c1ccc(-n2nc(C)cc2C)nc1. The minimum absolute atomic E-state index is 0.230. The summed E-state index contributed by atoms with van der Waals surface area (Å²) in [5.74, 6) is 0.0781. The van der Waals surface area contributed by atoms with Gasteiger partial charge in [-0.15, -0.1) is 0 Å². The van der Waals surface area contributed by atoms with Crippen molar-refractivity contribution in [3.63, 3.8) is 0 Å². The molecule has 0 fully saturated rings. The van der Waals surface area contributed by atoms with Crippen molar-refractivity contribution in [1.29, 1.82) is 0 Å². The number of anilines is 1. The second-order valence-corrected chi connectivity index (χ2v) is 7.06. The molecule has 0 radical (unpaired) electrons. The average Bonchev–Trinajstić information content (AvgIpc) is 2.98. The number of fused-ring (bicyclic) bond motifs is 1. The van der Waals surface area contributed by atoms with Crippen LogP contribution in [-0.4, -0.2) is 27.2 Å². The lowest BCUT2D eigenvalue weighted by atomic mass is 9.98. The van der Waals surface area contributed by atoms with Crippen molar-refractivity contribution in [3.05, 3.63) is 70.4 Å². The van der Waals surface area contributed by atoms with Crippen LogP contribution >= 0.6 is 0 Å². The minimum atomic E-state index is -0.342. The lowest BCUT2D eigenvalue weighted by molar-refractivity contribution is 0.0983. The summed E-state index contributed by atoms with van der Waals surface area (Å²) in [4.78, 5) is 18.9. The Hall–Kier alpha value is -3.02. The normalized spacial score (nSPS) is 13.6. The fraction of sp³-hybridized carbons (Fsp3) is 0.286. The van der Waals surface area contributed by atoms with Crippen molar-refractivity contribution in [2.45, 2.75) is 33.6 Å². The van der Waals surface area contributed by atoms with E-state index in [1.54, 1.807) is 16.8 Å². The van der Waals surface area contributed by atoms with Gasteiger partial charge in [-0.2, -0.15) is 5.10 Å². The number of rotatable bonds is 2. The molecule has 1 aliphatic rings. The summed E-state index contributed by atoms with van der Waals surface area (Å²) in [7, 11) is 0. The highest BCUT2D eigenvalue weighted by Crippen LogP contribution is 2.32. The van der Waals surface area contributed by atoms with Gasteiger partial charge in [-0.25, -0.2) is 14.1 Å². The Bertz CT molecular complexity index is 1020. The van der Waals surface area contributed by atoms with Crippen molar-refractivity contribution in [3.8, 4) is 5.82 Å². The zero-order chi connectivity index (χ0) is 19.1. The molecule has 1 aliphatic heterocycles. The van der Waals surface area contributed by atoms with Crippen LogP contribution in [0.3, 0.4) is 0 Å². The van der Waals surface area contributed by atoms with Crippen molar-refractivity contribution in [2.75, 3.05) is 11.4 Å². The van der Waals surface area contributed by atoms with Crippen LogP contribution in [0.15, 0.2) is 36.5 Å². The Morgan fingerprint density at radius 3 is 2.63 bits per heavy atom. The second-order valence-electron chi connectivity index (χ2n) is 7.06. The topological polar surface area (TPSA) is 51.0 Å². The van der Waals surface area contributed by atoms with Crippen LogP contribution in [0.25, 0.3) is 5.82 Å². The van der Waals surface area contributed by atoms with Gasteiger partial charge >= 0.3 is 0 Å². The third-order valence-electron chi connectivity index (χ3n) is 4.85. The predicted octanol–water partition coefficient (Wildman–Crippen LogP) is 3.92. The molecule has 0 unspecified atom stereocenters. The lowest BCUT2D eigenvalue weighted by Crippen LogP contribution is -2.36. The first-order chi connectivity index (χ1) is 12.9. The van der Waals surface area contributed by atoms with Crippen LogP contribution in [0.2, 0.25) is 0 Å². The smallest absolute Gasteiger partial charge is 0.259 e. The molecule has 0 saturated heterocycles. The second kappa shape index (κ2) is 6.61. The average molecular weight is 364 g/mol. The van der Waals surface area contributed by atoms with Crippen LogP contribution in [0.5, 0.6) is 0 Å². The van der Waals surface area contributed by atoms with Gasteiger partial charge in [0.15, 0.2) is 5.82 Å². The minimum Gasteiger partial charge on any atom is -0.305 e. The van der Waals surface area contributed by atoms with Gasteiger partial charge in [0.2, 0.25) is 0 Å². The molecule has 5 nitrogen and oxygen atoms in total. The Balaban J connectivity index is 1.66. The molecule has 0 N–H and O–H groups in total. The fourth-order valence-corrected chi connectivity index (χ4v) is 3.70. The van der Waals surface area contributed by atoms with Gasteiger partial charge in [-0.05, 0) is 69.0 Å². The molecule has 0 aliphatic carbocycles. The summed E-state index contributed by atoms with van der Waals surface area (Å²) in [6.45, 7) is 6.25. The lowest BCUT2D eigenvalue weighted by Gasteiger charge is -2.30. The molecule has 0 atom stereocenters. The first-order valence-corrected chi connectivity index (χ1v) is 9.04. The molecule has 6 heteroatoms. The molecule has 1 aromatic carbocycles. The fourth-order valence-electron chi connectivity index (χ4n) is 3.70. The van der Waals surface area contributed by atoms with Crippen molar-refractivity contribution in [1.82, 2.24) is 14.8 Å². The number of amides is 1. The summed E-state index contributed by atoms with van der Waals surface area (Å²) in [5.41, 5.74) is 4.48. The summed E-state index contributed by atoms with van der Waals surface area (Å²) in [5, 5.41) is 4.40. The van der Waals surface area contributed by atoms with E-state index in [0.29, 0.717) is 23.6 Å². The van der Waals surface area contributed by atoms with E-state index in [1.807, 2.05) is 32.9 Å². The molecule has 138 valence electrons. The number of aryl methyl sites for hydroxylation is 4. The number of hydrogen-bond donors (Lipinski definition) is 0. The van der Waals surface area contributed by atoms with Gasteiger partial charge in [0.05, 0.1) is 16.9 Å². The van der Waals surface area contributed by atoms with E-state index in [-0.39, 0.29) is 11.7 Å². The molecule has 3 aromatic rings. The van der Waals surface area contributed by atoms with Crippen LogP contribution < -0.4 is 4.90 Å². The highest BCUT2D eigenvalue weighted by molar-refractivity contribution is 6.06. The number of aromatic nitrogens is 3. The van der Waals surface area contributed by atoms with E-state index in [0.717, 1.165) is 35.4 Å². The van der Waals surface area contributed by atoms with Crippen LogP contribution in [0, 0.1) is 26.6 Å². The van der Waals surface area contributed by atoms with Crippen molar-refractivity contribution < 1.29 is 9.18 Å². The first kappa shape index (κ1) is 17.4. The Labute approximate surface area is 157 Å². The molecule has 2 aromatic heterocycles. The van der Waals surface area contributed by atoms with Gasteiger partial charge in [0, 0.05) is 18.4 Å². The molecule has 27 heavy (non-hydrogen) atoms. The number of nitrogens with zero attached hydrogens (tertiary/aromatic N) is 4.